The third-order valence-corrected chi connectivity index (χ3v) is 6.60. The number of hydrogen-bond acceptors (Lipinski definition) is 3. The Balaban J connectivity index is 0.00000400. The van der Waals surface area contributed by atoms with Crippen LogP contribution < -0.4 is 5.32 Å². The van der Waals surface area contributed by atoms with Crippen molar-refractivity contribution in [2.24, 2.45) is 0 Å². The molecule has 4 aromatic carbocycles. The van der Waals surface area contributed by atoms with Crippen LogP contribution in [-0.2, 0) is 13.0 Å². The van der Waals surface area contributed by atoms with Gasteiger partial charge in [0.05, 0.1) is 20.6 Å². The number of benzene rings is 4. The van der Waals surface area contributed by atoms with E-state index in [0.717, 1.165) is 48.2 Å². The lowest BCUT2D eigenvalue weighted by molar-refractivity contribution is -0.902. The van der Waals surface area contributed by atoms with Crippen LogP contribution in [0.1, 0.15) is 43.0 Å². The summed E-state index contributed by atoms with van der Waals surface area (Å²) in [5.41, 5.74) is 5.32. The maximum atomic E-state index is 12.6. The Morgan fingerprint density at radius 2 is 0.927 bits per heavy atom. The average Bonchev–Trinajstić information content (AvgIpc) is 2.93. The van der Waals surface area contributed by atoms with E-state index in [-0.39, 0.29) is 79.5 Å². The van der Waals surface area contributed by atoms with E-state index in [9.17, 15) is 9.59 Å². The van der Waals surface area contributed by atoms with E-state index in [2.05, 4.69) is 31.5 Å². The molecule has 4 aromatic rings. The Morgan fingerprint density at radius 1 is 0.537 bits per heavy atom. The van der Waals surface area contributed by atoms with Gasteiger partial charge < -0.3 is 9.80 Å². The van der Waals surface area contributed by atoms with Crippen LogP contribution in [-0.4, -0.2) is 49.8 Å². The first-order valence-corrected chi connectivity index (χ1v) is 12.8. The predicted molar refractivity (Wildman–Crippen MR) is 191 cm³/mol. The number of carbonyl (C=O) groups is 2. The molecular weight excluding hydrogens is 776 g/mol. The van der Waals surface area contributed by atoms with Crippen molar-refractivity contribution in [3.05, 3.63) is 143 Å². The van der Waals surface area contributed by atoms with Crippen molar-refractivity contribution < 1.29 is 14.1 Å². The molecule has 0 bridgehead atoms. The Hall–Kier alpha value is -1.94. The van der Waals surface area contributed by atoms with Crippen LogP contribution in [0.5, 0.6) is 0 Å². The molecule has 8 heteroatoms. The molecule has 0 aromatic heterocycles. The first kappa shape index (κ1) is 39.1. The molecule has 0 fully saturated rings. The second-order valence-electron chi connectivity index (χ2n) is 10.1. The van der Waals surface area contributed by atoms with E-state index in [4.69, 9.17) is 0 Å². The summed E-state index contributed by atoms with van der Waals surface area (Å²) < 4.78 is 0.856. The van der Waals surface area contributed by atoms with Gasteiger partial charge in [0.15, 0.2) is 11.6 Å². The summed E-state index contributed by atoms with van der Waals surface area (Å²) in [7, 11) is 4.46. The van der Waals surface area contributed by atoms with Crippen LogP contribution in [0, 0.1) is 0 Å². The Morgan fingerprint density at radius 3 is 1.37 bits per heavy atom. The van der Waals surface area contributed by atoms with Crippen molar-refractivity contribution in [3.8, 4) is 0 Å². The fourth-order valence-electron chi connectivity index (χ4n) is 4.41. The van der Waals surface area contributed by atoms with Crippen molar-refractivity contribution in [1.29, 1.82) is 0 Å². The minimum atomic E-state index is 0. The fourth-order valence-corrected chi connectivity index (χ4v) is 4.41. The molecular formula is C33H39Br4N2O2+. The lowest BCUT2D eigenvalue weighted by Gasteiger charge is -2.30. The van der Waals surface area contributed by atoms with Crippen LogP contribution in [0.2, 0.25) is 0 Å². The highest BCUT2D eigenvalue weighted by Crippen LogP contribution is 2.15. The van der Waals surface area contributed by atoms with Crippen LogP contribution in [0.15, 0.2) is 109 Å². The summed E-state index contributed by atoms with van der Waals surface area (Å²) in [6, 6.07) is 34.7. The smallest absolute Gasteiger partial charge is 0.193 e. The molecule has 0 aliphatic rings. The molecule has 0 aliphatic carbocycles. The van der Waals surface area contributed by atoms with Crippen molar-refractivity contribution in [2.45, 2.75) is 13.0 Å². The van der Waals surface area contributed by atoms with Crippen molar-refractivity contribution in [2.75, 3.05) is 33.7 Å². The van der Waals surface area contributed by atoms with Crippen LogP contribution in [0.4, 0.5) is 0 Å². The highest BCUT2D eigenvalue weighted by atomic mass is 79.9. The number of ketones is 2. The quantitative estimate of drug-likeness (QED) is 0.0901. The lowest BCUT2D eigenvalue weighted by atomic mass is 10.0. The molecule has 0 unspecified atom stereocenters. The van der Waals surface area contributed by atoms with E-state index in [1.54, 1.807) is 0 Å². The zero-order chi connectivity index (χ0) is 26.1. The first-order valence-electron chi connectivity index (χ1n) is 12.8. The number of carbonyl (C=O) groups excluding carboxylic acids is 2. The molecule has 0 heterocycles. The maximum Gasteiger partial charge on any atom is 0.193 e. The molecule has 0 saturated carbocycles. The number of nitrogens with one attached hydrogen (secondary N) is 1. The van der Waals surface area contributed by atoms with Gasteiger partial charge in [-0.25, -0.2) is 0 Å². The summed E-state index contributed by atoms with van der Waals surface area (Å²) in [4.78, 5) is 25.2. The second-order valence-corrected chi connectivity index (χ2v) is 10.1. The third-order valence-electron chi connectivity index (χ3n) is 6.60. The van der Waals surface area contributed by atoms with E-state index in [0.29, 0.717) is 11.1 Å². The maximum absolute atomic E-state index is 12.6. The minimum Gasteiger partial charge on any atom is -0.324 e. The summed E-state index contributed by atoms with van der Waals surface area (Å²) in [6.45, 7) is 3.71. The topological polar surface area (TPSA) is 46.2 Å². The van der Waals surface area contributed by atoms with Gasteiger partial charge in [0, 0.05) is 34.4 Å². The van der Waals surface area contributed by atoms with E-state index < -0.39 is 0 Å². The number of likely N-dealkylation sites (N-methyl/N-ethyl adjacent to an activating group) is 1. The van der Waals surface area contributed by atoms with Gasteiger partial charge in [0.25, 0.3) is 0 Å². The summed E-state index contributed by atoms with van der Waals surface area (Å²) >= 11 is 0. The molecule has 220 valence electrons. The number of quaternary nitrogens is 1. The summed E-state index contributed by atoms with van der Waals surface area (Å²) in [6.07, 6.45) is 0.921. The third kappa shape index (κ3) is 12.1. The molecule has 4 nitrogen and oxygen atoms in total. The minimum absolute atomic E-state index is 0. The fraction of sp³-hybridized carbons (Fsp3) is 0.212. The van der Waals surface area contributed by atoms with Crippen LogP contribution in [0.25, 0.3) is 0 Å². The van der Waals surface area contributed by atoms with Gasteiger partial charge in [0.2, 0.25) is 0 Å². The number of rotatable bonds is 12. The summed E-state index contributed by atoms with van der Waals surface area (Å²) in [5, 5.41) is 3.55. The Bertz CT molecular complexity index is 1320. The van der Waals surface area contributed by atoms with Gasteiger partial charge in [0.1, 0.15) is 6.54 Å². The van der Waals surface area contributed by atoms with Crippen LogP contribution >= 0.6 is 67.9 Å². The highest BCUT2D eigenvalue weighted by Gasteiger charge is 2.16. The molecule has 4 rings (SSSR count). The predicted octanol–water partition coefficient (Wildman–Crippen LogP) is 7.87. The average molecular weight is 815 g/mol. The number of halogens is 4. The zero-order valence-corrected chi connectivity index (χ0v) is 30.2. The van der Waals surface area contributed by atoms with E-state index >= 15 is 0 Å². The molecule has 41 heavy (non-hydrogen) atoms. The molecule has 0 aliphatic heterocycles. The number of nitrogens with zero attached hydrogens (tertiary/aromatic N) is 1. The largest absolute Gasteiger partial charge is 0.324 e. The molecule has 0 amide bonds. The second kappa shape index (κ2) is 19.3. The van der Waals surface area contributed by atoms with Gasteiger partial charge in [-0.15, -0.1) is 67.9 Å². The van der Waals surface area contributed by atoms with E-state index in [1.807, 2.05) is 97.1 Å². The Labute approximate surface area is 286 Å². The molecule has 0 atom stereocenters. The standard InChI is InChI=1S/C33H35N2O2.4BrH/c1-35(2,25-27-15-19-31(20-16-27)33(37)29-11-7-4-8-12-29)24-23-34-22-21-26-13-17-30(18-14-26)32(36)28-9-5-3-6-10-28;;;;/h3-20,34H,21-25H2,1-2H3;4*1H/q+1;;;;. The van der Waals surface area contributed by atoms with Crippen molar-refractivity contribution >= 4 is 79.5 Å². The van der Waals surface area contributed by atoms with Gasteiger partial charge in [-0.05, 0) is 18.5 Å². The summed E-state index contributed by atoms with van der Waals surface area (Å²) in [5.74, 6) is 0.116. The first-order chi connectivity index (χ1) is 17.9. The molecule has 0 radical (unpaired) electrons. The van der Waals surface area contributed by atoms with Gasteiger partial charge in [-0.2, -0.15) is 0 Å². The zero-order valence-electron chi connectivity index (χ0n) is 23.3. The lowest BCUT2D eigenvalue weighted by Crippen LogP contribution is -2.44. The number of hydrogen-bond donors (Lipinski definition) is 1. The Kier molecular flexibility index (Phi) is 18.4. The molecule has 0 saturated heterocycles. The normalized spacial score (nSPS) is 10.2. The van der Waals surface area contributed by atoms with Crippen molar-refractivity contribution in [3.63, 3.8) is 0 Å². The monoisotopic (exact) mass is 811 g/mol. The molecule has 1 N–H and O–H groups in total. The van der Waals surface area contributed by atoms with Gasteiger partial charge in [-0.1, -0.05) is 109 Å². The van der Waals surface area contributed by atoms with Gasteiger partial charge in [-0.3, -0.25) is 9.59 Å². The SMILES string of the molecule is Br.Br.Br.Br.C[N+](C)(CCNCCc1ccc(C(=O)c2ccccc2)cc1)Cc1ccc(C(=O)c2ccccc2)cc1. The van der Waals surface area contributed by atoms with Crippen LogP contribution in [0.3, 0.4) is 0 Å². The van der Waals surface area contributed by atoms with E-state index in [1.165, 1.54) is 11.1 Å². The highest BCUT2D eigenvalue weighted by molar-refractivity contribution is 8.93. The molecule has 0 spiro atoms. The van der Waals surface area contributed by atoms with Gasteiger partial charge >= 0.3 is 0 Å². The van der Waals surface area contributed by atoms with Crippen molar-refractivity contribution in [1.82, 2.24) is 5.32 Å².